The summed E-state index contributed by atoms with van der Waals surface area (Å²) in [6.45, 7) is 0.141. The molecule has 3 N–H and O–H groups in total. The molecule has 0 aliphatic carbocycles. The molecule has 0 bridgehead atoms. The van der Waals surface area contributed by atoms with Gasteiger partial charge >= 0.3 is 5.97 Å². The normalized spacial score (nSPS) is 11.6. The number of aliphatic carboxylic acids is 1. The fourth-order valence-electron chi connectivity index (χ4n) is 1.22. The van der Waals surface area contributed by atoms with Gasteiger partial charge in [-0.1, -0.05) is 23.7 Å². The molecule has 1 rings (SSSR count). The molecule has 1 atom stereocenters. The van der Waals surface area contributed by atoms with E-state index >= 15 is 0 Å². The van der Waals surface area contributed by atoms with Gasteiger partial charge in [-0.2, -0.15) is 0 Å². The van der Waals surface area contributed by atoms with Crippen LogP contribution in [0.25, 0.3) is 0 Å². The van der Waals surface area contributed by atoms with E-state index in [0.717, 1.165) is 5.56 Å². The summed E-state index contributed by atoms with van der Waals surface area (Å²) in [6.07, 6.45) is 0.423. The van der Waals surface area contributed by atoms with Crippen LogP contribution in [0.15, 0.2) is 24.3 Å². The number of rotatable bonds is 4. The third-order valence-corrected chi connectivity index (χ3v) is 2.24. The number of benzene rings is 1. The Balaban J connectivity index is 0.00000196. The zero-order chi connectivity index (χ0) is 10.6. The lowest BCUT2D eigenvalue weighted by Gasteiger charge is -2.09. The molecular weight excluding hydrogens is 237 g/mol. The summed E-state index contributed by atoms with van der Waals surface area (Å²) in [7, 11) is 0. The quantitative estimate of drug-likeness (QED) is 0.858. The second-order valence-electron chi connectivity index (χ2n) is 3.10. The number of halogens is 2. The zero-order valence-electron chi connectivity index (χ0n) is 8.02. The van der Waals surface area contributed by atoms with Crippen LogP contribution in [-0.2, 0) is 11.2 Å². The highest BCUT2D eigenvalue weighted by molar-refractivity contribution is 6.30. The smallest absolute Gasteiger partial charge is 0.308 e. The minimum Gasteiger partial charge on any atom is -0.481 e. The Bertz CT molecular complexity index is 331. The Kier molecular flexibility index (Phi) is 6.32. The van der Waals surface area contributed by atoms with Crippen molar-refractivity contribution >= 4 is 30.0 Å². The van der Waals surface area contributed by atoms with Crippen molar-refractivity contribution in [2.45, 2.75) is 6.42 Å². The van der Waals surface area contributed by atoms with Crippen molar-refractivity contribution in [3.05, 3.63) is 34.9 Å². The molecule has 0 aliphatic rings. The Hall–Kier alpha value is -0.770. The molecule has 0 aromatic heterocycles. The number of carbonyl (C=O) groups is 1. The largest absolute Gasteiger partial charge is 0.481 e. The lowest BCUT2D eigenvalue weighted by Crippen LogP contribution is -2.25. The maximum atomic E-state index is 10.7. The third kappa shape index (κ3) is 4.51. The molecule has 3 nitrogen and oxygen atoms in total. The first kappa shape index (κ1) is 14.2. The first-order valence-electron chi connectivity index (χ1n) is 4.31. The highest BCUT2D eigenvalue weighted by Gasteiger charge is 2.15. The first-order chi connectivity index (χ1) is 6.63. The van der Waals surface area contributed by atoms with Crippen LogP contribution in [0.1, 0.15) is 5.56 Å². The second kappa shape index (κ2) is 6.67. The van der Waals surface area contributed by atoms with Crippen molar-refractivity contribution in [3.63, 3.8) is 0 Å². The summed E-state index contributed by atoms with van der Waals surface area (Å²) in [5.41, 5.74) is 6.24. The summed E-state index contributed by atoms with van der Waals surface area (Å²) in [5, 5.41) is 9.41. The lowest BCUT2D eigenvalue weighted by atomic mass is 10.00. The topological polar surface area (TPSA) is 63.3 Å². The third-order valence-electron chi connectivity index (χ3n) is 2.00. The van der Waals surface area contributed by atoms with Gasteiger partial charge in [-0.3, -0.25) is 4.79 Å². The van der Waals surface area contributed by atoms with Gasteiger partial charge in [0.25, 0.3) is 0 Å². The van der Waals surface area contributed by atoms with Gasteiger partial charge in [0, 0.05) is 11.6 Å². The second-order valence-corrected chi connectivity index (χ2v) is 3.54. The van der Waals surface area contributed by atoms with E-state index in [2.05, 4.69) is 0 Å². The van der Waals surface area contributed by atoms with Gasteiger partial charge in [0.1, 0.15) is 0 Å². The van der Waals surface area contributed by atoms with Crippen molar-refractivity contribution in [1.82, 2.24) is 0 Å². The molecule has 0 saturated carbocycles. The Morgan fingerprint density at radius 3 is 2.67 bits per heavy atom. The van der Waals surface area contributed by atoms with Crippen LogP contribution < -0.4 is 5.73 Å². The van der Waals surface area contributed by atoms with Crippen molar-refractivity contribution in [3.8, 4) is 0 Å². The van der Waals surface area contributed by atoms with Crippen LogP contribution >= 0.6 is 24.0 Å². The fourth-order valence-corrected chi connectivity index (χ4v) is 1.43. The number of carboxylic acid groups (broad SMARTS) is 1. The molecule has 5 heteroatoms. The van der Waals surface area contributed by atoms with Gasteiger partial charge in [0.15, 0.2) is 0 Å². The Labute approximate surface area is 99.6 Å². The number of hydrogen-bond acceptors (Lipinski definition) is 2. The van der Waals surface area contributed by atoms with Crippen LogP contribution in [-0.4, -0.2) is 17.6 Å². The summed E-state index contributed by atoms with van der Waals surface area (Å²) >= 11 is 5.77. The van der Waals surface area contributed by atoms with Crippen molar-refractivity contribution in [1.29, 1.82) is 0 Å². The highest BCUT2D eigenvalue weighted by atomic mass is 35.5. The van der Waals surface area contributed by atoms with Gasteiger partial charge < -0.3 is 10.8 Å². The number of nitrogens with two attached hydrogens (primary N) is 1. The number of hydrogen-bond donors (Lipinski definition) is 2. The molecule has 0 amide bonds. The molecule has 0 aliphatic heterocycles. The molecule has 0 heterocycles. The molecule has 0 spiro atoms. The van der Waals surface area contributed by atoms with Gasteiger partial charge in [-0.15, -0.1) is 12.4 Å². The van der Waals surface area contributed by atoms with E-state index in [0.29, 0.717) is 11.4 Å². The van der Waals surface area contributed by atoms with Gasteiger partial charge in [0.05, 0.1) is 5.92 Å². The van der Waals surface area contributed by atoms with Gasteiger partial charge in [0.2, 0.25) is 0 Å². The maximum absolute atomic E-state index is 10.7. The average Bonchev–Trinajstić information content (AvgIpc) is 2.14. The molecule has 0 fully saturated rings. The molecule has 0 saturated heterocycles. The monoisotopic (exact) mass is 249 g/mol. The van der Waals surface area contributed by atoms with Gasteiger partial charge in [-0.25, -0.2) is 0 Å². The van der Waals surface area contributed by atoms with E-state index in [1.165, 1.54) is 0 Å². The molecular formula is C10H13Cl2NO2. The number of carboxylic acids is 1. The zero-order valence-corrected chi connectivity index (χ0v) is 9.59. The molecule has 1 aromatic carbocycles. The highest BCUT2D eigenvalue weighted by Crippen LogP contribution is 2.14. The van der Waals surface area contributed by atoms with E-state index in [1.54, 1.807) is 18.2 Å². The predicted octanol–water partition coefficient (Wildman–Crippen LogP) is 1.96. The summed E-state index contributed by atoms with van der Waals surface area (Å²) < 4.78 is 0. The maximum Gasteiger partial charge on any atom is 0.308 e. The molecule has 84 valence electrons. The van der Waals surface area contributed by atoms with Crippen molar-refractivity contribution < 1.29 is 9.90 Å². The molecule has 1 aromatic rings. The Morgan fingerprint density at radius 2 is 2.20 bits per heavy atom. The Morgan fingerprint density at radius 1 is 1.53 bits per heavy atom. The van der Waals surface area contributed by atoms with E-state index in [9.17, 15) is 4.79 Å². The summed E-state index contributed by atoms with van der Waals surface area (Å²) in [4.78, 5) is 10.7. The lowest BCUT2D eigenvalue weighted by molar-refractivity contribution is -0.141. The summed E-state index contributed by atoms with van der Waals surface area (Å²) in [5.74, 6) is -1.40. The summed E-state index contributed by atoms with van der Waals surface area (Å²) in [6, 6.07) is 7.15. The standard InChI is InChI=1S/C10H12ClNO2.ClH/c11-9-3-1-2-7(5-9)4-8(6-12)10(13)14;/h1-3,5,8H,4,6,12H2,(H,13,14);1H. The van der Waals surface area contributed by atoms with Crippen molar-refractivity contribution in [2.24, 2.45) is 11.7 Å². The van der Waals surface area contributed by atoms with E-state index in [1.807, 2.05) is 6.07 Å². The van der Waals surface area contributed by atoms with E-state index in [4.69, 9.17) is 22.4 Å². The van der Waals surface area contributed by atoms with Crippen molar-refractivity contribution in [2.75, 3.05) is 6.54 Å². The molecule has 0 radical (unpaired) electrons. The SMILES string of the molecule is Cl.NCC(Cc1cccc(Cl)c1)C(=O)O. The van der Waals surface area contributed by atoms with Crippen LogP contribution in [0.3, 0.4) is 0 Å². The molecule has 15 heavy (non-hydrogen) atoms. The van der Waals surface area contributed by atoms with Crippen LogP contribution in [0.5, 0.6) is 0 Å². The fraction of sp³-hybridized carbons (Fsp3) is 0.300. The first-order valence-corrected chi connectivity index (χ1v) is 4.68. The van der Waals surface area contributed by atoms with Crippen LogP contribution in [0, 0.1) is 5.92 Å². The molecule has 1 unspecified atom stereocenters. The van der Waals surface area contributed by atoms with Crippen LogP contribution in [0.2, 0.25) is 5.02 Å². The van der Waals surface area contributed by atoms with Crippen LogP contribution in [0.4, 0.5) is 0 Å². The minimum absolute atomic E-state index is 0. The predicted molar refractivity (Wildman–Crippen MR) is 62.6 cm³/mol. The van der Waals surface area contributed by atoms with Gasteiger partial charge in [-0.05, 0) is 24.1 Å². The van der Waals surface area contributed by atoms with E-state index < -0.39 is 11.9 Å². The average molecular weight is 250 g/mol. The van der Waals surface area contributed by atoms with E-state index in [-0.39, 0.29) is 19.0 Å². The minimum atomic E-state index is -0.868.